The van der Waals surface area contributed by atoms with Crippen molar-refractivity contribution in [3.63, 3.8) is 0 Å². The average molecular weight is 389 g/mol. The Bertz CT molecular complexity index is 975. The van der Waals surface area contributed by atoms with Crippen molar-refractivity contribution >= 4 is 39.3 Å². The summed E-state index contributed by atoms with van der Waals surface area (Å²) in [5.41, 5.74) is 2.96. The Labute approximate surface area is 159 Å². The minimum atomic E-state index is -0.322. The van der Waals surface area contributed by atoms with Crippen LogP contribution < -0.4 is 5.56 Å². The molecule has 0 amide bonds. The first-order valence-electron chi connectivity index (χ1n) is 8.39. The summed E-state index contributed by atoms with van der Waals surface area (Å²) in [6.07, 6.45) is 0. The van der Waals surface area contributed by atoms with Gasteiger partial charge in [-0.05, 0) is 24.0 Å². The Morgan fingerprint density at radius 2 is 2.04 bits per heavy atom. The van der Waals surface area contributed by atoms with Gasteiger partial charge in [-0.25, -0.2) is 4.98 Å². The molecule has 0 spiro atoms. The molecule has 26 heavy (non-hydrogen) atoms. The average Bonchev–Trinajstić information content (AvgIpc) is 3.05. The molecule has 0 aliphatic rings. The van der Waals surface area contributed by atoms with Crippen molar-refractivity contribution in [2.75, 3.05) is 12.4 Å². The fourth-order valence-electron chi connectivity index (χ4n) is 2.59. The van der Waals surface area contributed by atoms with Crippen LogP contribution in [-0.4, -0.2) is 28.3 Å². The first kappa shape index (κ1) is 18.7. The Kier molecular flexibility index (Phi) is 5.78. The molecule has 0 radical (unpaired) electrons. The number of hydrogen-bond donors (Lipinski definition) is 1. The summed E-state index contributed by atoms with van der Waals surface area (Å²) in [6, 6.07) is 8.27. The van der Waals surface area contributed by atoms with Gasteiger partial charge in [-0.15, -0.1) is 11.3 Å². The summed E-state index contributed by atoms with van der Waals surface area (Å²) in [7, 11) is 0. The quantitative estimate of drug-likeness (QED) is 0.384. The fourth-order valence-corrected chi connectivity index (χ4v) is 4.25. The predicted molar refractivity (Wildman–Crippen MR) is 107 cm³/mol. The highest BCUT2D eigenvalue weighted by atomic mass is 32.2. The number of fused-ring (bicyclic) bond motifs is 1. The van der Waals surface area contributed by atoms with Gasteiger partial charge in [0.25, 0.3) is 5.56 Å². The molecule has 2 aromatic heterocycles. The number of ether oxygens (including phenoxy) is 1. The third-order valence-electron chi connectivity index (χ3n) is 3.94. The van der Waals surface area contributed by atoms with Crippen LogP contribution >= 0.6 is 23.1 Å². The molecule has 1 N–H and O–H groups in total. The van der Waals surface area contributed by atoms with E-state index in [-0.39, 0.29) is 17.3 Å². The normalized spacial score (nSPS) is 11.2. The minimum absolute atomic E-state index is 0.122. The zero-order valence-corrected chi connectivity index (χ0v) is 16.5. The summed E-state index contributed by atoms with van der Waals surface area (Å²) >= 11 is 2.60. The van der Waals surface area contributed by atoms with Crippen LogP contribution in [-0.2, 0) is 9.53 Å². The van der Waals surface area contributed by atoms with E-state index in [1.165, 1.54) is 28.7 Å². The molecule has 0 unspecified atom stereocenters. The number of rotatable bonds is 6. The van der Waals surface area contributed by atoms with Gasteiger partial charge < -0.3 is 9.72 Å². The zero-order chi connectivity index (χ0) is 18.7. The standard InChI is InChI=1S/C19H20N2O3S2/c1-4-24-15(22)10-26-19-20-17(23)16-14(9-25-18(16)21-19)13-7-5-12(6-8-13)11(2)3/h5-9,11H,4,10H2,1-3H3,(H,20,21,23). The summed E-state index contributed by atoms with van der Waals surface area (Å²) < 4.78 is 4.89. The van der Waals surface area contributed by atoms with Crippen LogP contribution in [0.25, 0.3) is 21.3 Å². The first-order valence-corrected chi connectivity index (χ1v) is 10.3. The molecule has 0 fully saturated rings. The van der Waals surface area contributed by atoms with E-state index in [1.807, 2.05) is 17.5 Å². The summed E-state index contributed by atoms with van der Waals surface area (Å²) in [5.74, 6) is 0.265. The molecule has 0 aliphatic carbocycles. The molecule has 2 heterocycles. The van der Waals surface area contributed by atoms with E-state index in [9.17, 15) is 9.59 Å². The number of nitrogens with zero attached hydrogens (tertiary/aromatic N) is 1. The van der Waals surface area contributed by atoms with E-state index < -0.39 is 0 Å². The van der Waals surface area contributed by atoms with Crippen LogP contribution in [0.15, 0.2) is 39.6 Å². The number of carbonyl (C=O) groups excluding carboxylic acids is 1. The third-order valence-corrected chi connectivity index (χ3v) is 5.66. The number of hydrogen-bond acceptors (Lipinski definition) is 6. The highest BCUT2D eigenvalue weighted by molar-refractivity contribution is 7.99. The lowest BCUT2D eigenvalue weighted by molar-refractivity contribution is -0.139. The molecule has 3 aromatic rings. The van der Waals surface area contributed by atoms with Crippen molar-refractivity contribution in [2.45, 2.75) is 31.8 Å². The van der Waals surface area contributed by atoms with Crippen LogP contribution in [0, 0.1) is 0 Å². The highest BCUT2D eigenvalue weighted by Crippen LogP contribution is 2.32. The topological polar surface area (TPSA) is 72.0 Å². The van der Waals surface area contributed by atoms with Gasteiger partial charge >= 0.3 is 5.97 Å². The molecular weight excluding hydrogens is 368 g/mol. The Hall–Kier alpha value is -2.12. The molecule has 0 aliphatic heterocycles. The van der Waals surface area contributed by atoms with Gasteiger partial charge in [-0.1, -0.05) is 49.9 Å². The lowest BCUT2D eigenvalue weighted by Crippen LogP contribution is -2.11. The molecule has 0 saturated heterocycles. The number of esters is 1. The highest BCUT2D eigenvalue weighted by Gasteiger charge is 2.14. The Morgan fingerprint density at radius 3 is 2.69 bits per heavy atom. The second-order valence-corrected chi connectivity index (χ2v) is 7.89. The summed E-state index contributed by atoms with van der Waals surface area (Å²) in [4.78, 5) is 32.0. The SMILES string of the molecule is CCOC(=O)CSc1nc2scc(-c3ccc(C(C)C)cc3)c2c(=O)[nH]1. The van der Waals surface area contributed by atoms with Crippen molar-refractivity contribution < 1.29 is 9.53 Å². The van der Waals surface area contributed by atoms with Gasteiger partial charge in [0.1, 0.15) is 4.83 Å². The number of benzene rings is 1. The van der Waals surface area contributed by atoms with Crippen molar-refractivity contribution in [1.82, 2.24) is 9.97 Å². The Morgan fingerprint density at radius 1 is 1.31 bits per heavy atom. The largest absolute Gasteiger partial charge is 0.465 e. The number of thioether (sulfide) groups is 1. The molecule has 7 heteroatoms. The molecule has 0 saturated carbocycles. The lowest BCUT2D eigenvalue weighted by Gasteiger charge is -2.06. The van der Waals surface area contributed by atoms with Crippen LogP contribution in [0.5, 0.6) is 0 Å². The monoisotopic (exact) mass is 388 g/mol. The lowest BCUT2D eigenvalue weighted by atomic mass is 9.99. The van der Waals surface area contributed by atoms with E-state index in [1.54, 1.807) is 6.92 Å². The van der Waals surface area contributed by atoms with E-state index in [0.717, 1.165) is 11.1 Å². The second kappa shape index (κ2) is 8.05. The van der Waals surface area contributed by atoms with Gasteiger partial charge in [0.05, 0.1) is 17.7 Å². The van der Waals surface area contributed by atoms with Gasteiger partial charge in [-0.2, -0.15) is 0 Å². The molecule has 1 aromatic carbocycles. The van der Waals surface area contributed by atoms with Gasteiger partial charge in [0.2, 0.25) is 0 Å². The van der Waals surface area contributed by atoms with E-state index >= 15 is 0 Å². The van der Waals surface area contributed by atoms with Crippen molar-refractivity contribution in [3.05, 3.63) is 45.6 Å². The number of thiophene rings is 1. The summed E-state index contributed by atoms with van der Waals surface area (Å²) in [6.45, 7) is 6.40. The molecule has 0 atom stereocenters. The fraction of sp³-hybridized carbons (Fsp3) is 0.316. The third kappa shape index (κ3) is 3.99. The predicted octanol–water partition coefficient (Wildman–Crippen LogP) is 4.43. The number of H-pyrrole nitrogens is 1. The first-order chi connectivity index (χ1) is 12.5. The van der Waals surface area contributed by atoms with Crippen molar-refractivity contribution in [2.24, 2.45) is 0 Å². The number of nitrogens with one attached hydrogen (secondary N) is 1. The minimum Gasteiger partial charge on any atom is -0.465 e. The second-order valence-electron chi connectivity index (χ2n) is 6.07. The van der Waals surface area contributed by atoms with Crippen LogP contribution in [0.1, 0.15) is 32.3 Å². The van der Waals surface area contributed by atoms with Gasteiger partial charge in [0.15, 0.2) is 5.16 Å². The van der Waals surface area contributed by atoms with E-state index in [4.69, 9.17) is 4.74 Å². The molecular formula is C19H20N2O3S2. The van der Waals surface area contributed by atoms with Crippen LogP contribution in [0.4, 0.5) is 0 Å². The number of aromatic amines is 1. The van der Waals surface area contributed by atoms with E-state index in [2.05, 4.69) is 35.9 Å². The van der Waals surface area contributed by atoms with Crippen LogP contribution in [0.2, 0.25) is 0 Å². The molecule has 5 nitrogen and oxygen atoms in total. The maximum absolute atomic E-state index is 12.6. The Balaban J connectivity index is 1.90. The van der Waals surface area contributed by atoms with Gasteiger partial charge in [-0.3, -0.25) is 9.59 Å². The zero-order valence-electron chi connectivity index (χ0n) is 14.9. The maximum Gasteiger partial charge on any atom is 0.316 e. The molecule has 136 valence electrons. The van der Waals surface area contributed by atoms with Crippen LogP contribution in [0.3, 0.4) is 0 Å². The number of carbonyl (C=O) groups is 1. The number of aromatic nitrogens is 2. The summed E-state index contributed by atoms with van der Waals surface area (Å²) in [5, 5.41) is 2.98. The maximum atomic E-state index is 12.6. The van der Waals surface area contributed by atoms with Crippen molar-refractivity contribution in [1.29, 1.82) is 0 Å². The van der Waals surface area contributed by atoms with E-state index in [0.29, 0.717) is 27.9 Å². The smallest absolute Gasteiger partial charge is 0.316 e. The van der Waals surface area contributed by atoms with Gasteiger partial charge in [0, 0.05) is 10.9 Å². The molecule has 0 bridgehead atoms. The van der Waals surface area contributed by atoms with Crippen molar-refractivity contribution in [3.8, 4) is 11.1 Å². The molecule has 3 rings (SSSR count).